The van der Waals surface area contributed by atoms with Crippen molar-refractivity contribution in [1.82, 2.24) is 15.1 Å². The van der Waals surface area contributed by atoms with Crippen molar-refractivity contribution < 1.29 is 19.2 Å². The van der Waals surface area contributed by atoms with E-state index in [-0.39, 0.29) is 17.6 Å². The molecule has 0 unspecified atom stereocenters. The van der Waals surface area contributed by atoms with E-state index in [1.54, 1.807) is 12.1 Å². The third kappa shape index (κ3) is 7.16. The maximum absolute atomic E-state index is 11.8. The molecule has 0 amide bonds. The second-order valence-corrected chi connectivity index (χ2v) is 8.08. The van der Waals surface area contributed by atoms with Gasteiger partial charge in [-0.05, 0) is 31.4 Å². The van der Waals surface area contributed by atoms with Gasteiger partial charge < -0.3 is 19.7 Å². The molecule has 2 aliphatic heterocycles. The summed E-state index contributed by atoms with van der Waals surface area (Å²) in [6.45, 7) is 7.24. The molecule has 2 heterocycles. The number of carbonyl (C=O) groups excluding carboxylic acids is 1. The Kier molecular flexibility index (Phi) is 9.24. The molecule has 0 aromatic heterocycles. The number of morpholine rings is 1. The zero-order valence-electron chi connectivity index (χ0n) is 18.7. The number of benzene rings is 1. The smallest absolute Gasteiger partial charge is 0.308 e. The molecule has 2 aliphatic rings. The minimum absolute atomic E-state index is 0.0616. The van der Waals surface area contributed by atoms with Gasteiger partial charge in [0.1, 0.15) is 0 Å². The zero-order chi connectivity index (χ0) is 22.8. The molecule has 0 radical (unpaired) electrons. The normalized spacial score (nSPS) is 18.4. The summed E-state index contributed by atoms with van der Waals surface area (Å²) in [6, 6.07) is 6.48. The monoisotopic (exact) mass is 447 g/mol. The quantitative estimate of drug-likeness (QED) is 0.160. The maximum Gasteiger partial charge on any atom is 0.308 e. The first-order chi connectivity index (χ1) is 15.6. The highest BCUT2D eigenvalue weighted by molar-refractivity contribution is 5.80. The average Bonchev–Trinajstić information content (AvgIpc) is 2.84. The van der Waals surface area contributed by atoms with Crippen molar-refractivity contribution in [2.75, 3.05) is 59.6 Å². The predicted molar refractivity (Wildman–Crippen MR) is 120 cm³/mol. The molecule has 0 atom stereocenters. The third-order valence-electron chi connectivity index (χ3n) is 5.93. The Labute approximate surface area is 188 Å². The lowest BCUT2D eigenvalue weighted by Crippen LogP contribution is -2.47. The van der Waals surface area contributed by atoms with Crippen molar-refractivity contribution in [3.8, 4) is 0 Å². The summed E-state index contributed by atoms with van der Waals surface area (Å²) < 4.78 is 10.3. The van der Waals surface area contributed by atoms with Gasteiger partial charge in [-0.1, -0.05) is 12.1 Å². The number of ether oxygens (including phenoxy) is 2. The van der Waals surface area contributed by atoms with Gasteiger partial charge in [0.05, 0.1) is 37.7 Å². The van der Waals surface area contributed by atoms with Crippen molar-refractivity contribution in [2.24, 2.45) is 10.9 Å². The lowest BCUT2D eigenvalue weighted by molar-refractivity contribution is -0.384. The Morgan fingerprint density at radius 3 is 2.53 bits per heavy atom. The van der Waals surface area contributed by atoms with Crippen molar-refractivity contribution in [1.29, 1.82) is 0 Å². The molecule has 2 saturated heterocycles. The lowest BCUT2D eigenvalue weighted by Gasteiger charge is -2.33. The number of guanidine groups is 1. The van der Waals surface area contributed by atoms with E-state index in [9.17, 15) is 14.9 Å². The Morgan fingerprint density at radius 2 is 1.91 bits per heavy atom. The van der Waals surface area contributed by atoms with E-state index in [0.29, 0.717) is 6.54 Å². The van der Waals surface area contributed by atoms with Gasteiger partial charge in [0.2, 0.25) is 0 Å². The highest BCUT2D eigenvalue weighted by Crippen LogP contribution is 2.19. The number of likely N-dealkylation sites (tertiary alicyclic amines) is 1. The second kappa shape index (κ2) is 12.4. The molecule has 0 aliphatic carbocycles. The molecule has 10 heteroatoms. The molecule has 1 N–H and O–H groups in total. The molecular formula is C22H33N5O5. The summed E-state index contributed by atoms with van der Waals surface area (Å²) in [7, 11) is 1.43. The fourth-order valence-corrected chi connectivity index (χ4v) is 3.98. The fourth-order valence-electron chi connectivity index (χ4n) is 3.98. The number of aliphatic imine (C=N–C) groups is 1. The van der Waals surface area contributed by atoms with Gasteiger partial charge in [0.15, 0.2) is 5.96 Å². The van der Waals surface area contributed by atoms with Gasteiger partial charge in [0.25, 0.3) is 5.69 Å². The van der Waals surface area contributed by atoms with E-state index < -0.39 is 4.92 Å². The molecule has 32 heavy (non-hydrogen) atoms. The summed E-state index contributed by atoms with van der Waals surface area (Å²) in [5.41, 5.74) is 0.983. The van der Waals surface area contributed by atoms with Crippen LogP contribution in [0, 0.1) is 16.0 Å². The summed E-state index contributed by atoms with van der Waals surface area (Å²) in [5.74, 6) is 0.606. The number of nitro groups is 1. The van der Waals surface area contributed by atoms with E-state index in [2.05, 4.69) is 15.1 Å². The molecule has 176 valence electrons. The topological polar surface area (TPSA) is 110 Å². The summed E-state index contributed by atoms with van der Waals surface area (Å²) in [6.07, 6.45) is 2.46. The standard InChI is InChI=1S/C22H33N5O5/c1-31-21(28)19-7-11-26(12-8-19)22(23-9-2-10-25-13-15-32-16-14-25)24-17-18-3-5-20(6-4-18)27(29)30/h3-6,19H,2,7-17H2,1H3,(H,23,24). The number of hydrogen-bond donors (Lipinski definition) is 1. The second-order valence-electron chi connectivity index (χ2n) is 8.08. The number of esters is 1. The van der Waals surface area contributed by atoms with Crippen LogP contribution in [0.15, 0.2) is 29.3 Å². The van der Waals surface area contributed by atoms with Gasteiger partial charge in [-0.15, -0.1) is 0 Å². The van der Waals surface area contributed by atoms with E-state index in [0.717, 1.165) is 83.3 Å². The Morgan fingerprint density at radius 1 is 1.22 bits per heavy atom. The molecule has 2 fully saturated rings. The molecule has 1 aromatic rings. The van der Waals surface area contributed by atoms with Crippen LogP contribution in [0.3, 0.4) is 0 Å². The maximum atomic E-state index is 11.8. The number of nitrogens with one attached hydrogen (secondary N) is 1. The van der Waals surface area contributed by atoms with Gasteiger partial charge in [-0.25, -0.2) is 4.99 Å². The van der Waals surface area contributed by atoms with Crippen molar-refractivity contribution in [2.45, 2.75) is 25.8 Å². The molecule has 3 rings (SSSR count). The number of non-ortho nitro benzene ring substituents is 1. The predicted octanol–water partition coefficient (Wildman–Crippen LogP) is 1.65. The van der Waals surface area contributed by atoms with Gasteiger partial charge in [0, 0.05) is 44.9 Å². The van der Waals surface area contributed by atoms with Crippen LogP contribution >= 0.6 is 0 Å². The number of nitrogens with zero attached hydrogens (tertiary/aromatic N) is 4. The summed E-state index contributed by atoms with van der Waals surface area (Å²) in [4.78, 5) is 31.7. The minimum Gasteiger partial charge on any atom is -0.469 e. The number of piperidine rings is 1. The van der Waals surface area contributed by atoms with Crippen LogP contribution in [0.2, 0.25) is 0 Å². The van der Waals surface area contributed by atoms with E-state index >= 15 is 0 Å². The molecule has 1 aromatic carbocycles. The van der Waals surface area contributed by atoms with Gasteiger partial charge in [-0.2, -0.15) is 0 Å². The SMILES string of the molecule is COC(=O)C1CCN(C(=NCc2ccc([N+](=O)[O-])cc2)NCCCN2CCOCC2)CC1. The minimum atomic E-state index is -0.403. The van der Waals surface area contributed by atoms with Crippen LogP contribution in [0.25, 0.3) is 0 Å². The molecule has 0 bridgehead atoms. The van der Waals surface area contributed by atoms with Gasteiger partial charge >= 0.3 is 5.97 Å². The Bertz CT molecular complexity index is 771. The first-order valence-corrected chi connectivity index (χ1v) is 11.2. The van der Waals surface area contributed by atoms with Gasteiger partial charge in [-0.3, -0.25) is 19.8 Å². The van der Waals surface area contributed by atoms with Crippen LogP contribution in [-0.2, 0) is 20.8 Å². The van der Waals surface area contributed by atoms with E-state index in [4.69, 9.17) is 14.5 Å². The third-order valence-corrected chi connectivity index (χ3v) is 5.93. The van der Waals surface area contributed by atoms with Crippen molar-refractivity contribution >= 4 is 17.6 Å². The number of rotatable bonds is 8. The van der Waals surface area contributed by atoms with E-state index in [1.807, 2.05) is 0 Å². The number of carbonyl (C=O) groups is 1. The summed E-state index contributed by atoms with van der Waals surface area (Å²) in [5, 5.41) is 14.3. The molecule has 0 saturated carbocycles. The number of hydrogen-bond acceptors (Lipinski definition) is 7. The number of nitro benzene ring substituents is 1. The average molecular weight is 448 g/mol. The largest absolute Gasteiger partial charge is 0.469 e. The first kappa shape index (κ1) is 23.9. The van der Waals surface area contributed by atoms with E-state index in [1.165, 1.54) is 19.2 Å². The summed E-state index contributed by atoms with van der Waals surface area (Å²) >= 11 is 0. The van der Waals surface area contributed by atoms with Crippen LogP contribution in [-0.4, -0.2) is 86.2 Å². The first-order valence-electron chi connectivity index (χ1n) is 11.2. The van der Waals surface area contributed by atoms with Crippen LogP contribution < -0.4 is 5.32 Å². The Hall–Kier alpha value is -2.72. The lowest BCUT2D eigenvalue weighted by atomic mass is 9.97. The highest BCUT2D eigenvalue weighted by atomic mass is 16.6. The van der Waals surface area contributed by atoms with Crippen LogP contribution in [0.4, 0.5) is 5.69 Å². The van der Waals surface area contributed by atoms with Crippen LogP contribution in [0.1, 0.15) is 24.8 Å². The molecule has 10 nitrogen and oxygen atoms in total. The highest BCUT2D eigenvalue weighted by Gasteiger charge is 2.27. The zero-order valence-corrected chi connectivity index (χ0v) is 18.7. The van der Waals surface area contributed by atoms with Crippen molar-refractivity contribution in [3.63, 3.8) is 0 Å². The van der Waals surface area contributed by atoms with Crippen molar-refractivity contribution in [3.05, 3.63) is 39.9 Å². The molecular weight excluding hydrogens is 414 g/mol. The van der Waals surface area contributed by atoms with Crippen LogP contribution in [0.5, 0.6) is 0 Å². The number of methoxy groups -OCH3 is 1. The fraction of sp³-hybridized carbons (Fsp3) is 0.636. The Balaban J connectivity index is 1.57. The molecule has 0 spiro atoms.